The number of allylic oxidation sites excluding steroid dienone is 3. The summed E-state index contributed by atoms with van der Waals surface area (Å²) >= 11 is 0. The summed E-state index contributed by atoms with van der Waals surface area (Å²) < 4.78 is 10.9. The Bertz CT molecular complexity index is 1030. The average molecular weight is 348 g/mol. The van der Waals surface area contributed by atoms with E-state index in [2.05, 4.69) is 45.9 Å². The van der Waals surface area contributed by atoms with E-state index < -0.39 is 0 Å². The molecule has 134 valence electrons. The van der Waals surface area contributed by atoms with Crippen LogP contribution < -0.4 is 4.74 Å². The number of rotatable bonds is 3. The van der Waals surface area contributed by atoms with Gasteiger partial charge in [0.05, 0.1) is 19.8 Å². The molecule has 0 heterocycles. The Hall–Kier alpha value is -2.55. The van der Waals surface area contributed by atoms with Gasteiger partial charge in [-0.25, -0.2) is 4.79 Å². The summed E-state index contributed by atoms with van der Waals surface area (Å²) in [6.45, 7) is 8.68. The SMILES string of the molecule is COC(=O)C1=C(c2c(OC)ccc3ccccc23)C2(C)C(C)=C(C)C12C. The number of esters is 1. The second-order valence-electron chi connectivity index (χ2n) is 7.61. The Morgan fingerprint density at radius 3 is 2.23 bits per heavy atom. The van der Waals surface area contributed by atoms with Crippen LogP contribution in [0.3, 0.4) is 0 Å². The first-order chi connectivity index (χ1) is 12.3. The number of benzene rings is 2. The van der Waals surface area contributed by atoms with Crippen molar-refractivity contribution in [3.05, 3.63) is 58.7 Å². The number of hydrogen-bond donors (Lipinski definition) is 0. The van der Waals surface area contributed by atoms with E-state index in [9.17, 15) is 4.79 Å². The summed E-state index contributed by atoms with van der Waals surface area (Å²) in [4.78, 5) is 12.8. The summed E-state index contributed by atoms with van der Waals surface area (Å²) in [6.07, 6.45) is 0. The molecule has 0 amide bonds. The molecule has 0 aliphatic heterocycles. The molecule has 2 unspecified atom stereocenters. The fourth-order valence-electron chi connectivity index (χ4n) is 5.21. The van der Waals surface area contributed by atoms with E-state index in [0.29, 0.717) is 0 Å². The molecule has 2 aliphatic carbocycles. The third-order valence-electron chi connectivity index (χ3n) is 7.06. The second-order valence-corrected chi connectivity index (χ2v) is 7.61. The highest BCUT2D eigenvalue weighted by Gasteiger charge is 2.70. The molecule has 26 heavy (non-hydrogen) atoms. The predicted molar refractivity (Wildman–Crippen MR) is 104 cm³/mol. The molecule has 0 saturated carbocycles. The number of fused-ring (bicyclic) bond motifs is 2. The fourth-order valence-corrected chi connectivity index (χ4v) is 5.21. The van der Waals surface area contributed by atoms with E-state index in [-0.39, 0.29) is 16.8 Å². The third-order valence-corrected chi connectivity index (χ3v) is 7.06. The largest absolute Gasteiger partial charge is 0.496 e. The number of hydrogen-bond acceptors (Lipinski definition) is 3. The Labute approximate surface area is 154 Å². The minimum Gasteiger partial charge on any atom is -0.496 e. The maximum absolute atomic E-state index is 12.8. The van der Waals surface area contributed by atoms with Crippen LogP contribution in [0.15, 0.2) is 53.1 Å². The Morgan fingerprint density at radius 1 is 0.923 bits per heavy atom. The highest BCUT2D eigenvalue weighted by Crippen LogP contribution is 2.78. The molecule has 0 radical (unpaired) electrons. The monoisotopic (exact) mass is 348 g/mol. The van der Waals surface area contributed by atoms with Gasteiger partial charge in [-0.2, -0.15) is 0 Å². The molecule has 0 fully saturated rings. The summed E-state index contributed by atoms with van der Waals surface area (Å²) in [5.74, 6) is 0.544. The van der Waals surface area contributed by atoms with E-state index in [1.807, 2.05) is 18.2 Å². The van der Waals surface area contributed by atoms with Gasteiger partial charge in [-0.1, -0.05) is 55.3 Å². The lowest BCUT2D eigenvalue weighted by atomic mass is 9.34. The fraction of sp³-hybridized carbons (Fsp3) is 0.348. The first kappa shape index (κ1) is 16.9. The Morgan fingerprint density at radius 2 is 1.58 bits per heavy atom. The van der Waals surface area contributed by atoms with E-state index >= 15 is 0 Å². The van der Waals surface area contributed by atoms with Crippen molar-refractivity contribution in [2.24, 2.45) is 10.8 Å². The summed E-state index contributed by atoms with van der Waals surface area (Å²) in [6, 6.07) is 12.3. The molecule has 0 saturated heterocycles. The average Bonchev–Trinajstić information content (AvgIpc) is 2.68. The lowest BCUT2D eigenvalue weighted by molar-refractivity contribution is -0.138. The summed E-state index contributed by atoms with van der Waals surface area (Å²) in [7, 11) is 3.14. The number of methoxy groups -OCH3 is 2. The molecule has 2 aliphatic rings. The highest BCUT2D eigenvalue weighted by atomic mass is 16.5. The van der Waals surface area contributed by atoms with Crippen molar-refractivity contribution in [1.82, 2.24) is 0 Å². The van der Waals surface area contributed by atoms with E-state index in [4.69, 9.17) is 9.47 Å². The molecule has 0 spiro atoms. The second kappa shape index (κ2) is 5.23. The highest BCUT2D eigenvalue weighted by molar-refractivity contribution is 6.13. The zero-order valence-electron chi connectivity index (χ0n) is 16.2. The van der Waals surface area contributed by atoms with Crippen LogP contribution in [0.25, 0.3) is 16.3 Å². The maximum Gasteiger partial charge on any atom is 0.335 e. The maximum atomic E-state index is 12.8. The minimum absolute atomic E-state index is 0.183. The lowest BCUT2D eigenvalue weighted by Gasteiger charge is -2.67. The molecule has 2 aromatic carbocycles. The van der Waals surface area contributed by atoms with Crippen LogP contribution in [0.4, 0.5) is 0 Å². The molecular weight excluding hydrogens is 324 g/mol. The van der Waals surface area contributed by atoms with Gasteiger partial charge in [0.1, 0.15) is 5.75 Å². The van der Waals surface area contributed by atoms with Gasteiger partial charge in [0.25, 0.3) is 0 Å². The quantitative estimate of drug-likeness (QED) is 0.568. The molecule has 4 rings (SSSR count). The first-order valence-corrected chi connectivity index (χ1v) is 8.92. The summed E-state index contributed by atoms with van der Waals surface area (Å²) in [5, 5.41) is 2.23. The number of ether oxygens (including phenoxy) is 2. The van der Waals surface area contributed by atoms with Crippen molar-refractivity contribution in [2.75, 3.05) is 14.2 Å². The van der Waals surface area contributed by atoms with Crippen LogP contribution in [0.2, 0.25) is 0 Å². The molecule has 3 heteroatoms. The smallest absolute Gasteiger partial charge is 0.335 e. The predicted octanol–water partition coefficient (Wildman–Crippen LogP) is 5.15. The van der Waals surface area contributed by atoms with Crippen molar-refractivity contribution in [3.63, 3.8) is 0 Å². The van der Waals surface area contributed by atoms with E-state index in [0.717, 1.165) is 33.2 Å². The Kier molecular flexibility index (Phi) is 3.40. The molecule has 0 aromatic heterocycles. The normalized spacial score (nSPS) is 27.0. The van der Waals surface area contributed by atoms with Gasteiger partial charge in [-0.15, -0.1) is 0 Å². The first-order valence-electron chi connectivity index (χ1n) is 8.92. The molecule has 2 aromatic rings. The molecule has 3 nitrogen and oxygen atoms in total. The standard InChI is InChI=1S/C23H24O3/c1-13-14(2)23(4)20(21(24)26-6)19(22(13,23)3)18-16-10-8-7-9-15(16)11-12-17(18)25-5/h7-12H,1-6H3. The van der Waals surface area contributed by atoms with Crippen LogP contribution in [-0.4, -0.2) is 20.2 Å². The van der Waals surface area contributed by atoms with Gasteiger partial charge < -0.3 is 9.47 Å². The molecular formula is C23H24O3. The third kappa shape index (κ3) is 1.62. The van der Waals surface area contributed by atoms with Crippen molar-refractivity contribution < 1.29 is 14.3 Å². The van der Waals surface area contributed by atoms with Gasteiger partial charge >= 0.3 is 5.97 Å². The van der Waals surface area contributed by atoms with Crippen LogP contribution in [0, 0.1) is 10.8 Å². The van der Waals surface area contributed by atoms with Gasteiger partial charge in [0.15, 0.2) is 0 Å². The number of carbonyl (C=O) groups is 1. The number of carbonyl (C=O) groups excluding carboxylic acids is 1. The minimum atomic E-state index is -0.276. The zero-order valence-corrected chi connectivity index (χ0v) is 16.2. The van der Waals surface area contributed by atoms with Gasteiger partial charge in [0, 0.05) is 16.4 Å². The molecule has 0 bridgehead atoms. The van der Waals surface area contributed by atoms with E-state index in [1.54, 1.807) is 7.11 Å². The summed E-state index contributed by atoms with van der Waals surface area (Å²) in [5.41, 5.74) is 4.96. The van der Waals surface area contributed by atoms with Gasteiger partial charge in [-0.3, -0.25) is 0 Å². The lowest BCUT2D eigenvalue weighted by Crippen LogP contribution is -2.60. The van der Waals surface area contributed by atoms with Crippen molar-refractivity contribution in [1.29, 1.82) is 0 Å². The van der Waals surface area contributed by atoms with Crippen molar-refractivity contribution in [3.8, 4) is 5.75 Å². The Balaban J connectivity index is 2.11. The van der Waals surface area contributed by atoms with Crippen LogP contribution in [0.1, 0.15) is 33.3 Å². The van der Waals surface area contributed by atoms with Crippen molar-refractivity contribution in [2.45, 2.75) is 27.7 Å². The van der Waals surface area contributed by atoms with Gasteiger partial charge in [0.2, 0.25) is 0 Å². The van der Waals surface area contributed by atoms with Gasteiger partial charge in [-0.05, 0) is 36.3 Å². The molecule has 0 N–H and O–H groups in total. The van der Waals surface area contributed by atoms with Crippen LogP contribution >= 0.6 is 0 Å². The zero-order chi connectivity index (χ0) is 18.9. The van der Waals surface area contributed by atoms with E-state index in [1.165, 1.54) is 18.3 Å². The van der Waals surface area contributed by atoms with Crippen molar-refractivity contribution >= 4 is 22.3 Å². The molecule has 2 atom stereocenters. The topological polar surface area (TPSA) is 35.5 Å². The van der Waals surface area contributed by atoms with Crippen LogP contribution in [0.5, 0.6) is 5.75 Å². The van der Waals surface area contributed by atoms with Crippen LogP contribution in [-0.2, 0) is 9.53 Å².